The number of anilines is 1. The van der Waals surface area contributed by atoms with E-state index in [-0.39, 0.29) is 48.3 Å². The van der Waals surface area contributed by atoms with Gasteiger partial charge in [-0.15, -0.1) is 11.3 Å². The van der Waals surface area contributed by atoms with Crippen molar-refractivity contribution < 1.29 is 18.8 Å². The fourth-order valence-corrected chi connectivity index (χ4v) is 5.81. The van der Waals surface area contributed by atoms with Crippen LogP contribution in [0.25, 0.3) is 11.3 Å². The van der Waals surface area contributed by atoms with E-state index in [0.29, 0.717) is 17.4 Å². The number of rotatable bonds is 7. The Kier molecular flexibility index (Phi) is 6.72. The predicted octanol–water partition coefficient (Wildman–Crippen LogP) is 5.05. The topological polar surface area (TPSA) is 70.6 Å². The van der Waals surface area contributed by atoms with Crippen LogP contribution in [0.2, 0.25) is 0 Å². The van der Waals surface area contributed by atoms with Gasteiger partial charge in [0, 0.05) is 23.9 Å². The van der Waals surface area contributed by atoms with Crippen LogP contribution in [-0.4, -0.2) is 34.2 Å². The van der Waals surface area contributed by atoms with Gasteiger partial charge in [0.15, 0.2) is 5.13 Å². The Balaban J connectivity index is 1.34. The van der Waals surface area contributed by atoms with Gasteiger partial charge in [0.05, 0.1) is 24.1 Å². The minimum atomic E-state index is -0.323. The van der Waals surface area contributed by atoms with Crippen LogP contribution in [0.15, 0.2) is 60.0 Å². The number of carbonyl (C=O) groups is 3. The highest BCUT2D eigenvalue weighted by Crippen LogP contribution is 2.38. The van der Waals surface area contributed by atoms with E-state index < -0.39 is 0 Å². The summed E-state index contributed by atoms with van der Waals surface area (Å²) in [5.74, 6) is -1.22. The van der Waals surface area contributed by atoms with Crippen LogP contribution in [0.1, 0.15) is 37.7 Å². The molecule has 180 valence electrons. The van der Waals surface area contributed by atoms with Gasteiger partial charge in [-0.1, -0.05) is 43.2 Å². The largest absolute Gasteiger partial charge is 0.284 e. The number of thiazole rings is 1. The van der Waals surface area contributed by atoms with Crippen molar-refractivity contribution in [2.75, 3.05) is 11.4 Å². The van der Waals surface area contributed by atoms with Gasteiger partial charge in [-0.25, -0.2) is 9.37 Å². The molecule has 2 heterocycles. The summed E-state index contributed by atoms with van der Waals surface area (Å²) in [5.41, 5.74) is 2.36. The Morgan fingerprint density at radius 3 is 2.31 bits per heavy atom. The number of halogens is 1. The summed E-state index contributed by atoms with van der Waals surface area (Å²) in [4.78, 5) is 46.6. The molecule has 2 atom stereocenters. The molecule has 2 aliphatic rings. The van der Waals surface area contributed by atoms with Gasteiger partial charge in [0.2, 0.25) is 17.7 Å². The summed E-state index contributed by atoms with van der Waals surface area (Å²) in [6, 6.07) is 15.7. The van der Waals surface area contributed by atoms with Crippen molar-refractivity contribution in [3.05, 3.63) is 71.4 Å². The van der Waals surface area contributed by atoms with Gasteiger partial charge >= 0.3 is 0 Å². The number of hydrogen-bond donors (Lipinski definition) is 0. The van der Waals surface area contributed by atoms with Crippen molar-refractivity contribution in [1.82, 2.24) is 9.88 Å². The van der Waals surface area contributed by atoms with Crippen molar-refractivity contribution in [3.63, 3.8) is 0 Å². The first kappa shape index (κ1) is 23.4. The summed E-state index contributed by atoms with van der Waals surface area (Å²) < 4.78 is 13.3. The molecular weight excluding hydrogens is 465 g/mol. The SMILES string of the molecule is O=C1C2CCCCC2C(=O)N1CCC(=O)N(Cc1ccccc1)c1nc(-c2ccc(F)cc2)cs1. The molecule has 0 N–H and O–H groups in total. The molecule has 35 heavy (non-hydrogen) atoms. The number of fused-ring (bicyclic) bond motifs is 1. The van der Waals surface area contributed by atoms with Gasteiger partial charge in [0.1, 0.15) is 5.82 Å². The third kappa shape index (κ3) is 4.89. The second kappa shape index (κ2) is 10.1. The maximum Gasteiger partial charge on any atom is 0.233 e. The van der Waals surface area contributed by atoms with E-state index in [9.17, 15) is 18.8 Å². The summed E-state index contributed by atoms with van der Waals surface area (Å²) in [6.45, 7) is 0.411. The van der Waals surface area contributed by atoms with Crippen LogP contribution in [0, 0.1) is 17.7 Å². The Labute approximate surface area is 207 Å². The summed E-state index contributed by atoms with van der Waals surface area (Å²) >= 11 is 1.33. The Morgan fingerprint density at radius 1 is 1.00 bits per heavy atom. The Hall–Kier alpha value is -3.39. The third-order valence-corrected chi connectivity index (χ3v) is 7.69. The number of carbonyl (C=O) groups excluding carboxylic acids is 3. The van der Waals surface area contributed by atoms with Crippen molar-refractivity contribution in [2.45, 2.75) is 38.6 Å². The zero-order valence-electron chi connectivity index (χ0n) is 19.2. The lowest BCUT2D eigenvalue weighted by atomic mass is 9.81. The lowest BCUT2D eigenvalue weighted by Crippen LogP contribution is -2.37. The number of amides is 3. The van der Waals surface area contributed by atoms with Gasteiger partial charge in [-0.2, -0.15) is 0 Å². The molecule has 3 aromatic rings. The lowest BCUT2D eigenvalue weighted by molar-refractivity contribution is -0.140. The number of hydrogen-bond acceptors (Lipinski definition) is 5. The summed E-state index contributed by atoms with van der Waals surface area (Å²) in [6.07, 6.45) is 3.49. The van der Waals surface area contributed by atoms with E-state index in [1.165, 1.54) is 28.4 Å². The summed E-state index contributed by atoms with van der Waals surface area (Å²) in [7, 11) is 0. The molecular formula is C27H26FN3O3S. The molecule has 1 aromatic heterocycles. The second-order valence-corrected chi connectivity index (χ2v) is 9.90. The predicted molar refractivity (Wildman–Crippen MR) is 132 cm³/mol. The minimum Gasteiger partial charge on any atom is -0.284 e. The average Bonchev–Trinajstić information content (AvgIpc) is 3.46. The van der Waals surface area contributed by atoms with Gasteiger partial charge in [0.25, 0.3) is 0 Å². The van der Waals surface area contributed by atoms with E-state index in [1.807, 2.05) is 35.7 Å². The number of nitrogens with zero attached hydrogens (tertiary/aromatic N) is 3. The molecule has 0 spiro atoms. The maximum absolute atomic E-state index is 13.4. The van der Waals surface area contributed by atoms with Crippen LogP contribution in [-0.2, 0) is 20.9 Å². The molecule has 2 aromatic carbocycles. The highest BCUT2D eigenvalue weighted by Gasteiger charge is 2.47. The first-order chi connectivity index (χ1) is 17.0. The molecule has 1 aliphatic heterocycles. The van der Waals surface area contributed by atoms with Crippen molar-refractivity contribution >= 4 is 34.2 Å². The van der Waals surface area contributed by atoms with E-state index in [4.69, 9.17) is 0 Å². The fraction of sp³-hybridized carbons (Fsp3) is 0.333. The van der Waals surface area contributed by atoms with Crippen LogP contribution in [0.4, 0.5) is 9.52 Å². The van der Waals surface area contributed by atoms with Crippen LogP contribution in [0.3, 0.4) is 0 Å². The Morgan fingerprint density at radius 2 is 1.66 bits per heavy atom. The highest BCUT2D eigenvalue weighted by atomic mass is 32.1. The minimum absolute atomic E-state index is 0.0369. The van der Waals surface area contributed by atoms with Crippen LogP contribution >= 0.6 is 11.3 Å². The Bertz CT molecular complexity index is 1200. The van der Waals surface area contributed by atoms with Gasteiger partial charge in [-0.3, -0.25) is 24.2 Å². The molecule has 1 saturated heterocycles. The standard InChI is InChI=1S/C27H26FN3O3S/c28-20-12-10-19(11-13-20)23-17-35-27(29-23)31(16-18-6-2-1-3-7-18)24(32)14-15-30-25(33)21-8-4-5-9-22(21)26(30)34/h1-3,6-7,10-13,17,21-22H,4-5,8-9,14-16H2. The lowest BCUT2D eigenvalue weighted by Gasteiger charge is -2.22. The summed E-state index contributed by atoms with van der Waals surface area (Å²) in [5, 5.41) is 2.36. The zero-order chi connectivity index (χ0) is 24.4. The molecule has 2 fully saturated rings. The first-order valence-electron chi connectivity index (χ1n) is 11.9. The van der Waals surface area contributed by atoms with Crippen molar-refractivity contribution in [2.24, 2.45) is 11.8 Å². The van der Waals surface area contributed by atoms with E-state index >= 15 is 0 Å². The smallest absolute Gasteiger partial charge is 0.233 e. The molecule has 8 heteroatoms. The van der Waals surface area contributed by atoms with Gasteiger partial charge in [-0.05, 0) is 42.7 Å². The number of aromatic nitrogens is 1. The molecule has 6 nitrogen and oxygen atoms in total. The monoisotopic (exact) mass is 491 g/mol. The molecule has 2 unspecified atom stereocenters. The quantitative estimate of drug-likeness (QED) is 0.434. The molecule has 1 aliphatic carbocycles. The van der Waals surface area contributed by atoms with E-state index in [0.717, 1.165) is 36.8 Å². The van der Waals surface area contributed by atoms with Crippen molar-refractivity contribution in [1.29, 1.82) is 0 Å². The van der Waals surface area contributed by atoms with Crippen molar-refractivity contribution in [3.8, 4) is 11.3 Å². The van der Waals surface area contributed by atoms with Crippen LogP contribution < -0.4 is 4.90 Å². The van der Waals surface area contributed by atoms with Crippen LogP contribution in [0.5, 0.6) is 0 Å². The maximum atomic E-state index is 13.4. The van der Waals surface area contributed by atoms with E-state index in [1.54, 1.807) is 17.0 Å². The average molecular weight is 492 g/mol. The number of benzene rings is 2. The highest BCUT2D eigenvalue weighted by molar-refractivity contribution is 7.14. The van der Waals surface area contributed by atoms with E-state index in [2.05, 4.69) is 4.98 Å². The second-order valence-electron chi connectivity index (χ2n) is 9.06. The molecule has 3 amide bonds. The zero-order valence-corrected chi connectivity index (χ0v) is 20.0. The fourth-order valence-electron chi connectivity index (χ4n) is 4.96. The molecule has 1 saturated carbocycles. The first-order valence-corrected chi connectivity index (χ1v) is 12.8. The molecule has 0 bridgehead atoms. The number of imide groups is 1. The third-order valence-electron chi connectivity index (χ3n) is 6.83. The molecule has 5 rings (SSSR count). The normalized spacial score (nSPS) is 19.6. The van der Waals surface area contributed by atoms with Gasteiger partial charge < -0.3 is 0 Å². The number of likely N-dealkylation sites (tertiary alicyclic amines) is 1. The molecule has 0 radical (unpaired) electrons.